The van der Waals surface area contributed by atoms with E-state index in [1.165, 1.54) is 5.56 Å². The van der Waals surface area contributed by atoms with E-state index in [1.54, 1.807) is 34.1 Å². The summed E-state index contributed by atoms with van der Waals surface area (Å²) in [4.78, 5) is 35.3. The molecule has 2 amide bonds. The van der Waals surface area contributed by atoms with Crippen LogP contribution in [0.4, 0.5) is 0 Å². The van der Waals surface area contributed by atoms with Crippen LogP contribution in [-0.4, -0.2) is 81.7 Å². The molecule has 0 radical (unpaired) electrons. The quantitative estimate of drug-likeness (QED) is 0.164. The molecule has 3 heterocycles. The van der Waals surface area contributed by atoms with Crippen LogP contribution in [0.25, 0.3) is 21.8 Å². The number of methoxy groups -OCH3 is 2. The van der Waals surface area contributed by atoms with Crippen LogP contribution in [0.1, 0.15) is 49.3 Å². The number of H-pyrrole nitrogens is 2. The van der Waals surface area contributed by atoms with Crippen molar-refractivity contribution in [3.63, 3.8) is 0 Å². The minimum Gasteiger partial charge on any atom is -0.508 e. The number of rotatable bonds is 11. The maximum absolute atomic E-state index is 13.6. The molecular formula is C37H43N5O5. The zero-order valence-corrected chi connectivity index (χ0v) is 27.5. The van der Waals surface area contributed by atoms with Gasteiger partial charge in [0.15, 0.2) is 11.5 Å². The maximum atomic E-state index is 13.6. The van der Waals surface area contributed by atoms with Gasteiger partial charge in [-0.25, -0.2) is 5.01 Å². The molecule has 0 aliphatic carbocycles. The maximum Gasteiger partial charge on any atom is 0.234 e. The molecular weight excluding hydrogens is 594 g/mol. The third-order valence-electron chi connectivity index (χ3n) is 9.41. The molecule has 1 aliphatic rings. The van der Waals surface area contributed by atoms with Gasteiger partial charge in [-0.2, -0.15) is 0 Å². The summed E-state index contributed by atoms with van der Waals surface area (Å²) in [6, 6.07) is 18.9. The van der Waals surface area contributed by atoms with Crippen LogP contribution in [0.15, 0.2) is 73.1 Å². The lowest BCUT2D eigenvalue weighted by Gasteiger charge is -2.44. The molecule has 3 N–H and O–H groups in total. The first-order valence-corrected chi connectivity index (χ1v) is 16.1. The van der Waals surface area contributed by atoms with E-state index in [2.05, 4.69) is 21.0 Å². The van der Waals surface area contributed by atoms with Gasteiger partial charge in [-0.3, -0.25) is 14.6 Å². The van der Waals surface area contributed by atoms with Gasteiger partial charge < -0.3 is 29.4 Å². The molecule has 6 rings (SSSR count). The second-order valence-electron chi connectivity index (χ2n) is 12.4. The van der Waals surface area contributed by atoms with Gasteiger partial charge in [0.1, 0.15) is 5.75 Å². The highest BCUT2D eigenvalue weighted by Gasteiger charge is 2.34. The molecule has 0 spiro atoms. The molecule has 0 saturated carbocycles. The van der Waals surface area contributed by atoms with E-state index >= 15 is 0 Å². The van der Waals surface area contributed by atoms with Crippen molar-refractivity contribution in [2.45, 2.75) is 51.6 Å². The molecule has 2 aromatic heterocycles. The Labute approximate surface area is 274 Å². The number of nitrogens with zero attached hydrogens (tertiary/aromatic N) is 3. The zero-order chi connectivity index (χ0) is 33.1. The second kappa shape index (κ2) is 13.8. The van der Waals surface area contributed by atoms with Crippen LogP contribution < -0.4 is 9.47 Å². The normalized spacial score (nSPS) is 14.7. The number of amides is 2. The minimum atomic E-state index is -0.308. The Kier molecular flexibility index (Phi) is 9.40. The van der Waals surface area contributed by atoms with Gasteiger partial charge in [0.25, 0.3) is 0 Å². The minimum absolute atomic E-state index is 0.0556. The number of hydrogen-bond acceptors (Lipinski definition) is 6. The van der Waals surface area contributed by atoms with Gasteiger partial charge in [0, 0.05) is 74.2 Å². The van der Waals surface area contributed by atoms with E-state index in [-0.39, 0.29) is 23.6 Å². The number of carbonyl (C=O) groups excluding carboxylic acids is 2. The van der Waals surface area contributed by atoms with Crippen molar-refractivity contribution in [3.05, 3.63) is 89.7 Å². The number of aromatic nitrogens is 2. The lowest BCUT2D eigenvalue weighted by molar-refractivity contribution is -0.158. The number of para-hydroxylation sites is 1. The molecule has 10 nitrogen and oxygen atoms in total. The fraction of sp³-hybridized carbons (Fsp3) is 0.351. The van der Waals surface area contributed by atoms with Crippen LogP contribution in [0.2, 0.25) is 0 Å². The van der Waals surface area contributed by atoms with Crippen LogP contribution in [0.5, 0.6) is 17.2 Å². The van der Waals surface area contributed by atoms with Gasteiger partial charge in [-0.05, 0) is 78.3 Å². The summed E-state index contributed by atoms with van der Waals surface area (Å²) in [6.45, 7) is 5.28. The summed E-state index contributed by atoms with van der Waals surface area (Å²) in [6.07, 6.45) is 6.34. The summed E-state index contributed by atoms with van der Waals surface area (Å²) < 4.78 is 10.9. The highest BCUT2D eigenvalue weighted by molar-refractivity contribution is 5.85. The van der Waals surface area contributed by atoms with E-state index in [9.17, 15) is 14.7 Å². The molecule has 1 atom stereocenters. The number of aromatic hydroxyl groups is 1. The molecule has 1 saturated heterocycles. The molecule has 1 fully saturated rings. The first kappa shape index (κ1) is 32.0. The molecule has 5 aromatic rings. The summed E-state index contributed by atoms with van der Waals surface area (Å²) in [5.74, 6) is 1.64. The summed E-state index contributed by atoms with van der Waals surface area (Å²) in [5.41, 5.74) is 5.24. The zero-order valence-electron chi connectivity index (χ0n) is 27.5. The van der Waals surface area contributed by atoms with E-state index in [1.807, 2.05) is 70.8 Å². The number of carbonyl (C=O) groups is 2. The molecule has 10 heteroatoms. The topological polar surface area (TPSA) is 114 Å². The third kappa shape index (κ3) is 6.78. The Bertz CT molecular complexity index is 1870. The fourth-order valence-electron chi connectivity index (χ4n) is 7.09. The Morgan fingerprint density at radius 1 is 0.894 bits per heavy atom. The number of hydrazine groups is 1. The number of hydrogen-bond donors (Lipinski definition) is 3. The van der Waals surface area contributed by atoms with E-state index in [0.29, 0.717) is 50.0 Å². The largest absolute Gasteiger partial charge is 0.508 e. The number of nitrogens with one attached hydrogen (secondary N) is 2. The van der Waals surface area contributed by atoms with Crippen molar-refractivity contribution in [1.29, 1.82) is 0 Å². The van der Waals surface area contributed by atoms with Gasteiger partial charge >= 0.3 is 0 Å². The number of aromatic amines is 2. The van der Waals surface area contributed by atoms with Crippen molar-refractivity contribution >= 4 is 33.6 Å². The van der Waals surface area contributed by atoms with E-state index in [4.69, 9.17) is 9.47 Å². The fourth-order valence-corrected chi connectivity index (χ4v) is 7.09. The first-order valence-electron chi connectivity index (χ1n) is 16.1. The van der Waals surface area contributed by atoms with Crippen molar-refractivity contribution < 1.29 is 24.2 Å². The van der Waals surface area contributed by atoms with Gasteiger partial charge in [0.2, 0.25) is 11.8 Å². The molecule has 246 valence electrons. The summed E-state index contributed by atoms with van der Waals surface area (Å²) >= 11 is 0. The van der Waals surface area contributed by atoms with Crippen LogP contribution >= 0.6 is 0 Å². The van der Waals surface area contributed by atoms with Crippen molar-refractivity contribution in [2.24, 2.45) is 0 Å². The lowest BCUT2D eigenvalue weighted by Crippen LogP contribution is -2.57. The highest BCUT2D eigenvalue weighted by atomic mass is 16.5. The molecule has 47 heavy (non-hydrogen) atoms. The number of phenolic OH excluding ortho intramolecular Hbond substituents is 1. The van der Waals surface area contributed by atoms with Crippen LogP contribution in [0, 0.1) is 0 Å². The van der Waals surface area contributed by atoms with Crippen molar-refractivity contribution in [2.75, 3.05) is 33.9 Å². The summed E-state index contributed by atoms with van der Waals surface area (Å²) in [7, 11) is 3.19. The van der Waals surface area contributed by atoms with Crippen LogP contribution in [-0.2, 0) is 22.6 Å². The average Bonchev–Trinajstić information content (AvgIpc) is 3.68. The number of piperidine rings is 1. The predicted molar refractivity (Wildman–Crippen MR) is 182 cm³/mol. The number of phenols is 1. The Morgan fingerprint density at radius 2 is 1.62 bits per heavy atom. The van der Waals surface area contributed by atoms with Gasteiger partial charge in [-0.1, -0.05) is 24.3 Å². The monoisotopic (exact) mass is 637 g/mol. The third-order valence-corrected chi connectivity index (χ3v) is 9.41. The highest BCUT2D eigenvalue weighted by Crippen LogP contribution is 2.36. The number of ether oxygens (including phenoxy) is 2. The molecule has 3 aromatic carbocycles. The second-order valence-corrected chi connectivity index (χ2v) is 12.4. The average molecular weight is 638 g/mol. The van der Waals surface area contributed by atoms with Crippen molar-refractivity contribution in [3.8, 4) is 17.2 Å². The molecule has 0 bridgehead atoms. The first-order chi connectivity index (χ1) is 22.7. The molecule has 1 aliphatic heterocycles. The number of fused-ring (bicyclic) bond motifs is 2. The Balaban J connectivity index is 1.28. The van der Waals surface area contributed by atoms with E-state index in [0.717, 1.165) is 45.8 Å². The predicted octanol–water partition coefficient (Wildman–Crippen LogP) is 5.97. The number of benzene rings is 3. The SMILES string of the molecule is COc1ccc(CN(C[C@@H](Cc2c[nH]c3ccccc23)N(C(C)=O)N2CCC(c3c[nH]c4ccc(O)cc34)CC2)C(C)=O)cc1OC. The standard InChI is InChI=1S/C37H43N5O5/c1-24(43)40(22-26-9-12-36(46-3)37(17-26)47-4)23-29(18-28-20-38-34-8-6-5-7-31(28)34)42(25(2)44)41-15-13-27(14-16-41)33-21-39-35-11-10-30(45)19-32(33)35/h5-12,17,19-21,27,29,38-39,45H,13-16,18,22-23H2,1-4H3/t29-/m1/s1. The Hall–Kier alpha value is -4.96. The van der Waals surface area contributed by atoms with Crippen LogP contribution in [0.3, 0.4) is 0 Å². The summed E-state index contributed by atoms with van der Waals surface area (Å²) in [5, 5.41) is 16.3. The van der Waals surface area contributed by atoms with Gasteiger partial charge in [0.05, 0.1) is 20.3 Å². The van der Waals surface area contributed by atoms with Crippen molar-refractivity contribution in [1.82, 2.24) is 24.9 Å². The van der Waals surface area contributed by atoms with Gasteiger partial charge in [-0.15, -0.1) is 0 Å². The van der Waals surface area contributed by atoms with E-state index < -0.39 is 0 Å². The lowest BCUT2D eigenvalue weighted by atomic mass is 9.89. The molecule has 0 unspecified atom stereocenters. The smallest absolute Gasteiger partial charge is 0.234 e. The Morgan fingerprint density at radius 3 is 2.34 bits per heavy atom.